The van der Waals surface area contributed by atoms with E-state index in [1.54, 1.807) is 6.92 Å². The van der Waals surface area contributed by atoms with Crippen LogP contribution in [0.1, 0.15) is 64.7 Å². The van der Waals surface area contributed by atoms with Gasteiger partial charge in [0.25, 0.3) is 0 Å². The van der Waals surface area contributed by atoms with E-state index in [9.17, 15) is 4.79 Å². The quantitative estimate of drug-likeness (QED) is 0.588. The molecule has 1 rings (SSSR count). The van der Waals surface area contributed by atoms with Crippen molar-refractivity contribution in [3.8, 4) is 0 Å². The number of rotatable bonds is 1. The van der Waals surface area contributed by atoms with Crippen molar-refractivity contribution < 1.29 is 4.79 Å². The van der Waals surface area contributed by atoms with Crippen molar-refractivity contribution in [2.24, 2.45) is 5.92 Å². The summed E-state index contributed by atoms with van der Waals surface area (Å²) in [5.74, 6) is 0.744. The summed E-state index contributed by atoms with van der Waals surface area (Å²) in [7, 11) is 0. The summed E-state index contributed by atoms with van der Waals surface area (Å²) in [6.45, 7) is 1.76. The molecule has 0 aromatic carbocycles. The Kier molecular flexibility index (Phi) is 6.38. The Balaban J connectivity index is 2.37. The van der Waals surface area contributed by atoms with Gasteiger partial charge in [-0.15, -0.1) is 0 Å². The first-order chi connectivity index (χ1) is 7.30. The van der Waals surface area contributed by atoms with Crippen molar-refractivity contribution in [1.29, 1.82) is 0 Å². The normalized spacial score (nSPS) is 25.3. The van der Waals surface area contributed by atoms with E-state index >= 15 is 0 Å². The zero-order valence-electron chi connectivity index (χ0n) is 10.0. The van der Waals surface area contributed by atoms with Crippen LogP contribution in [0.2, 0.25) is 0 Å². The van der Waals surface area contributed by atoms with E-state index < -0.39 is 0 Å². The summed E-state index contributed by atoms with van der Waals surface area (Å²) < 4.78 is 0. The lowest BCUT2D eigenvalue weighted by molar-refractivity contribution is -0.121. The van der Waals surface area contributed by atoms with Gasteiger partial charge in [0.05, 0.1) is 0 Å². The minimum Gasteiger partial charge on any atom is -0.300 e. The van der Waals surface area contributed by atoms with Crippen LogP contribution in [0, 0.1) is 5.92 Å². The minimum atomic E-state index is 0.345. The van der Waals surface area contributed by atoms with E-state index in [1.165, 1.54) is 38.5 Å². The van der Waals surface area contributed by atoms with Crippen molar-refractivity contribution in [3.05, 3.63) is 12.2 Å². The maximum absolute atomic E-state index is 11.4. The second kappa shape index (κ2) is 7.67. The van der Waals surface area contributed by atoms with Crippen LogP contribution in [0.25, 0.3) is 0 Å². The second-order valence-corrected chi connectivity index (χ2v) is 4.70. The van der Waals surface area contributed by atoms with E-state index in [4.69, 9.17) is 0 Å². The van der Waals surface area contributed by atoms with Gasteiger partial charge in [-0.2, -0.15) is 0 Å². The molecule has 1 atom stereocenters. The average Bonchev–Trinajstić information content (AvgIpc) is 2.18. The van der Waals surface area contributed by atoms with Crippen molar-refractivity contribution in [3.63, 3.8) is 0 Å². The fourth-order valence-electron chi connectivity index (χ4n) is 2.28. The van der Waals surface area contributed by atoms with Crippen molar-refractivity contribution in [1.82, 2.24) is 0 Å². The number of carbonyl (C=O) groups excluding carboxylic acids is 1. The highest BCUT2D eigenvalue weighted by Crippen LogP contribution is 2.19. The smallest absolute Gasteiger partial charge is 0.132 e. The zero-order valence-corrected chi connectivity index (χ0v) is 10.0. The number of carbonyl (C=O) groups is 1. The average molecular weight is 208 g/mol. The molecule has 1 heteroatoms. The van der Waals surface area contributed by atoms with Gasteiger partial charge in [-0.25, -0.2) is 0 Å². The zero-order chi connectivity index (χ0) is 10.9. The number of hydrogen-bond acceptors (Lipinski definition) is 1. The number of Topliss-reactive ketones (excluding diaryl/α,β-unsaturated/α-hetero) is 1. The van der Waals surface area contributed by atoms with E-state index in [2.05, 4.69) is 12.2 Å². The maximum Gasteiger partial charge on any atom is 0.132 e. The van der Waals surface area contributed by atoms with Crippen LogP contribution < -0.4 is 0 Å². The predicted molar refractivity (Wildman–Crippen MR) is 64.9 cm³/mol. The molecular formula is C14H24O. The highest BCUT2D eigenvalue weighted by molar-refractivity contribution is 5.78. The molecule has 1 unspecified atom stereocenters. The Morgan fingerprint density at radius 3 is 2.27 bits per heavy atom. The fraction of sp³-hybridized carbons (Fsp3) is 0.786. The molecule has 0 amide bonds. The third-order valence-corrected chi connectivity index (χ3v) is 3.34. The van der Waals surface area contributed by atoms with Gasteiger partial charge in [0.15, 0.2) is 0 Å². The lowest BCUT2D eigenvalue weighted by Crippen LogP contribution is -2.10. The number of allylic oxidation sites excluding steroid dienone is 2. The van der Waals surface area contributed by atoms with Gasteiger partial charge in [-0.05, 0) is 45.4 Å². The second-order valence-electron chi connectivity index (χ2n) is 4.70. The first-order valence-electron chi connectivity index (χ1n) is 6.46. The van der Waals surface area contributed by atoms with Crippen molar-refractivity contribution >= 4 is 5.78 Å². The standard InChI is InChI=1S/C14H24O/c1-13(15)14-11-9-7-5-3-2-4-6-8-10-12-14/h3,5,14H,2,4,6-12H2,1H3. The van der Waals surface area contributed by atoms with Gasteiger partial charge in [0.1, 0.15) is 5.78 Å². The maximum atomic E-state index is 11.4. The van der Waals surface area contributed by atoms with Gasteiger partial charge in [0, 0.05) is 5.92 Å². The molecule has 0 saturated carbocycles. The van der Waals surface area contributed by atoms with Crippen LogP contribution in [0.5, 0.6) is 0 Å². The first kappa shape index (κ1) is 12.5. The molecule has 0 N–H and O–H groups in total. The molecule has 0 saturated heterocycles. The van der Waals surface area contributed by atoms with Gasteiger partial charge in [0.2, 0.25) is 0 Å². The van der Waals surface area contributed by atoms with E-state index in [0.29, 0.717) is 11.7 Å². The molecule has 0 aliphatic heterocycles. The first-order valence-corrected chi connectivity index (χ1v) is 6.46. The van der Waals surface area contributed by atoms with Crippen molar-refractivity contribution in [2.45, 2.75) is 64.7 Å². The highest BCUT2D eigenvalue weighted by atomic mass is 16.1. The molecule has 15 heavy (non-hydrogen) atoms. The molecule has 0 spiro atoms. The molecule has 0 fully saturated rings. The lowest BCUT2D eigenvalue weighted by Gasteiger charge is -2.13. The Bertz CT molecular complexity index is 205. The van der Waals surface area contributed by atoms with Crippen LogP contribution in [-0.4, -0.2) is 5.78 Å². The summed E-state index contributed by atoms with van der Waals surface area (Å²) in [4.78, 5) is 11.4. The Morgan fingerprint density at radius 2 is 1.53 bits per heavy atom. The summed E-state index contributed by atoms with van der Waals surface area (Å²) in [6, 6.07) is 0. The Hall–Kier alpha value is -0.590. The van der Waals surface area contributed by atoms with Crippen LogP contribution >= 0.6 is 0 Å². The molecule has 0 bridgehead atoms. The number of ketones is 1. The monoisotopic (exact) mass is 208 g/mol. The number of hydrogen-bond donors (Lipinski definition) is 0. The highest BCUT2D eigenvalue weighted by Gasteiger charge is 2.12. The third-order valence-electron chi connectivity index (χ3n) is 3.34. The molecule has 1 aliphatic carbocycles. The van der Waals surface area contributed by atoms with Gasteiger partial charge >= 0.3 is 0 Å². The van der Waals surface area contributed by atoms with Crippen LogP contribution in [-0.2, 0) is 4.79 Å². The van der Waals surface area contributed by atoms with E-state index in [1.807, 2.05) is 0 Å². The van der Waals surface area contributed by atoms with Gasteiger partial charge in [-0.1, -0.05) is 31.4 Å². The van der Waals surface area contributed by atoms with Crippen LogP contribution in [0.4, 0.5) is 0 Å². The fourth-order valence-corrected chi connectivity index (χ4v) is 2.28. The van der Waals surface area contributed by atoms with E-state index in [0.717, 1.165) is 19.3 Å². The lowest BCUT2D eigenvalue weighted by atomic mass is 9.91. The summed E-state index contributed by atoms with van der Waals surface area (Å²) >= 11 is 0. The molecule has 0 radical (unpaired) electrons. The SMILES string of the molecule is CC(=O)C1CCCC=CCCCCCC1. The molecular weight excluding hydrogens is 184 g/mol. The summed E-state index contributed by atoms with van der Waals surface area (Å²) in [6.07, 6.45) is 15.6. The topological polar surface area (TPSA) is 17.1 Å². The Labute approximate surface area is 93.9 Å². The van der Waals surface area contributed by atoms with Crippen LogP contribution in [0.3, 0.4) is 0 Å². The van der Waals surface area contributed by atoms with Crippen molar-refractivity contribution in [2.75, 3.05) is 0 Å². The van der Waals surface area contributed by atoms with E-state index in [-0.39, 0.29) is 0 Å². The molecule has 0 heterocycles. The summed E-state index contributed by atoms with van der Waals surface area (Å²) in [5.41, 5.74) is 0. The minimum absolute atomic E-state index is 0.345. The largest absolute Gasteiger partial charge is 0.300 e. The van der Waals surface area contributed by atoms with Gasteiger partial charge in [-0.3, -0.25) is 4.79 Å². The molecule has 0 aromatic rings. The molecule has 86 valence electrons. The van der Waals surface area contributed by atoms with Crippen LogP contribution in [0.15, 0.2) is 12.2 Å². The Morgan fingerprint density at radius 1 is 0.933 bits per heavy atom. The molecule has 1 nitrogen and oxygen atoms in total. The third kappa shape index (κ3) is 5.76. The van der Waals surface area contributed by atoms with Gasteiger partial charge < -0.3 is 0 Å². The molecule has 0 aromatic heterocycles. The predicted octanol–water partition coefficient (Wildman–Crippen LogP) is 4.27. The summed E-state index contributed by atoms with van der Waals surface area (Å²) in [5, 5.41) is 0. The molecule has 1 aliphatic rings.